The molecule has 1 saturated carbocycles. The van der Waals surface area contributed by atoms with Crippen molar-refractivity contribution >= 4 is 40.7 Å². The van der Waals surface area contributed by atoms with Gasteiger partial charge in [-0.3, -0.25) is 24.6 Å². The summed E-state index contributed by atoms with van der Waals surface area (Å²) in [6.07, 6.45) is 9.97. The van der Waals surface area contributed by atoms with Gasteiger partial charge in [0.05, 0.1) is 0 Å². The summed E-state index contributed by atoms with van der Waals surface area (Å²) in [7, 11) is 0. The van der Waals surface area contributed by atoms with E-state index in [0.717, 1.165) is 55.8 Å². The first-order valence-corrected chi connectivity index (χ1v) is 12.6. The Balaban J connectivity index is 1.48. The monoisotopic (exact) mass is 476 g/mol. The summed E-state index contributed by atoms with van der Waals surface area (Å²) in [5, 5.41) is 3.18. The number of hydrogen-bond donors (Lipinski definition) is 1. The topological polar surface area (TPSA) is 91.7 Å². The molecule has 8 heteroatoms. The summed E-state index contributed by atoms with van der Waals surface area (Å²) in [5.74, 6) is -1.17. The largest absolute Gasteiger partial charge is 0.337 e. The van der Waals surface area contributed by atoms with Crippen molar-refractivity contribution in [1.29, 1.82) is 0 Å². The number of carbonyl (C=O) groups excluding carboxylic acids is 4. The molecule has 5 rings (SSSR count). The van der Waals surface area contributed by atoms with Crippen LogP contribution >= 0.6 is 0 Å². The van der Waals surface area contributed by atoms with Crippen LogP contribution in [0.3, 0.4) is 0 Å². The fourth-order valence-electron chi connectivity index (χ4n) is 5.98. The van der Waals surface area contributed by atoms with E-state index < -0.39 is 17.8 Å². The van der Waals surface area contributed by atoms with Crippen LogP contribution < -0.4 is 5.32 Å². The molecule has 2 aliphatic heterocycles. The van der Waals surface area contributed by atoms with E-state index in [2.05, 4.69) is 19.2 Å². The first kappa shape index (κ1) is 23.3. The highest BCUT2D eigenvalue weighted by atomic mass is 16.2. The molecular weight excluding hydrogens is 444 g/mol. The molecule has 35 heavy (non-hydrogen) atoms. The summed E-state index contributed by atoms with van der Waals surface area (Å²) in [4.78, 5) is 54.8. The van der Waals surface area contributed by atoms with Crippen LogP contribution in [0.1, 0.15) is 64.4 Å². The minimum Gasteiger partial charge on any atom is -0.337 e. The molecule has 8 nitrogen and oxygen atoms in total. The average molecular weight is 477 g/mol. The lowest BCUT2D eigenvalue weighted by Crippen LogP contribution is -2.57. The van der Waals surface area contributed by atoms with E-state index in [0.29, 0.717) is 5.56 Å². The highest BCUT2D eigenvalue weighted by Crippen LogP contribution is 2.30. The zero-order valence-electron chi connectivity index (χ0n) is 20.3. The maximum atomic E-state index is 13.3. The molecule has 1 aromatic heterocycles. The summed E-state index contributed by atoms with van der Waals surface area (Å²) < 4.78 is 1.89. The number of likely N-dealkylation sites (tertiary alicyclic amines) is 1. The highest BCUT2D eigenvalue weighted by molar-refractivity contribution is 6.31. The van der Waals surface area contributed by atoms with Crippen LogP contribution in [0.4, 0.5) is 4.79 Å². The first-order chi connectivity index (χ1) is 16.8. The second-order valence-electron chi connectivity index (χ2n) is 10.1. The van der Waals surface area contributed by atoms with Crippen LogP contribution in [0.5, 0.6) is 0 Å². The molecular formula is C27H32N4O4. The molecule has 1 aromatic carbocycles. The van der Waals surface area contributed by atoms with Crippen molar-refractivity contribution in [1.82, 2.24) is 19.7 Å². The third kappa shape index (κ3) is 4.26. The number of barbiturate groups is 1. The van der Waals surface area contributed by atoms with Gasteiger partial charge in [0.15, 0.2) is 0 Å². The molecule has 3 aliphatic rings. The third-order valence-electron chi connectivity index (χ3n) is 7.73. The Bertz CT molecular complexity index is 1210. The maximum absolute atomic E-state index is 13.3. The Kier molecular flexibility index (Phi) is 6.21. The molecule has 2 aromatic rings. The van der Waals surface area contributed by atoms with Gasteiger partial charge in [0, 0.05) is 40.8 Å². The zero-order chi connectivity index (χ0) is 24.7. The molecule has 3 heterocycles. The van der Waals surface area contributed by atoms with E-state index in [4.69, 9.17) is 0 Å². The van der Waals surface area contributed by atoms with E-state index in [9.17, 15) is 19.2 Å². The average Bonchev–Trinajstić information content (AvgIpc) is 3.45. The van der Waals surface area contributed by atoms with Crippen molar-refractivity contribution < 1.29 is 19.2 Å². The van der Waals surface area contributed by atoms with Gasteiger partial charge in [-0.2, -0.15) is 0 Å². The van der Waals surface area contributed by atoms with E-state index >= 15 is 0 Å². The maximum Gasteiger partial charge on any atom is 0.331 e. The van der Waals surface area contributed by atoms with Crippen molar-refractivity contribution in [2.24, 2.45) is 0 Å². The zero-order valence-corrected chi connectivity index (χ0v) is 20.3. The second-order valence-corrected chi connectivity index (χ2v) is 10.1. The molecule has 2 saturated heterocycles. The number of rotatable bonds is 4. The number of hydrogen-bond acceptors (Lipinski definition) is 4. The number of amides is 5. The van der Waals surface area contributed by atoms with E-state index in [1.54, 1.807) is 6.08 Å². The van der Waals surface area contributed by atoms with Gasteiger partial charge in [-0.15, -0.1) is 0 Å². The van der Waals surface area contributed by atoms with Crippen LogP contribution in [0.15, 0.2) is 36.0 Å². The van der Waals surface area contributed by atoms with Crippen molar-refractivity contribution in [3.8, 4) is 0 Å². The number of fused-ring (bicyclic) bond motifs is 1. The molecule has 1 aliphatic carbocycles. The number of piperidine rings is 1. The molecule has 1 N–H and O–H groups in total. The standard InChI is InChI=1S/C27H32N4O4/c1-17-8-7-9-18(2)30(17)24(32)16-29-15-19(21-12-5-6-13-23(21)29)14-22-25(33)28-27(35)31(26(22)34)20-10-3-4-11-20/h5-6,12-15,17-18,20H,3-4,7-11,16H2,1-2H3,(H,28,33,35)/b22-14-/t17-,18+. The van der Waals surface area contributed by atoms with Gasteiger partial charge in [0.1, 0.15) is 12.1 Å². The van der Waals surface area contributed by atoms with Crippen LogP contribution in [0.25, 0.3) is 17.0 Å². The summed E-state index contributed by atoms with van der Waals surface area (Å²) in [6.45, 7) is 4.38. The number of carbonyl (C=O) groups is 4. The molecule has 184 valence electrons. The van der Waals surface area contributed by atoms with E-state index in [1.165, 1.54) is 4.90 Å². The van der Waals surface area contributed by atoms with Crippen molar-refractivity contribution in [3.05, 3.63) is 41.6 Å². The van der Waals surface area contributed by atoms with E-state index in [1.807, 2.05) is 39.9 Å². The van der Waals surface area contributed by atoms with E-state index in [-0.39, 0.29) is 36.2 Å². The number of urea groups is 1. The number of nitrogens with zero attached hydrogens (tertiary/aromatic N) is 3. The van der Waals surface area contributed by atoms with Crippen molar-refractivity contribution in [3.63, 3.8) is 0 Å². The predicted molar refractivity (Wildman–Crippen MR) is 132 cm³/mol. The highest BCUT2D eigenvalue weighted by Gasteiger charge is 2.40. The summed E-state index contributed by atoms with van der Waals surface area (Å²) in [5.41, 5.74) is 1.48. The van der Waals surface area contributed by atoms with Gasteiger partial charge in [0.25, 0.3) is 11.8 Å². The molecule has 0 bridgehead atoms. The minimum absolute atomic E-state index is 0.0518. The number of para-hydroxylation sites is 1. The van der Waals surface area contributed by atoms with Gasteiger partial charge in [-0.1, -0.05) is 31.0 Å². The molecule has 5 amide bonds. The fraction of sp³-hybridized carbons (Fsp3) is 0.481. The molecule has 0 radical (unpaired) electrons. The number of aromatic nitrogens is 1. The van der Waals surface area contributed by atoms with Crippen LogP contribution in [-0.4, -0.2) is 56.2 Å². The van der Waals surface area contributed by atoms with Crippen LogP contribution in [0, 0.1) is 0 Å². The summed E-state index contributed by atoms with van der Waals surface area (Å²) >= 11 is 0. The smallest absolute Gasteiger partial charge is 0.331 e. The minimum atomic E-state index is -0.682. The van der Waals surface area contributed by atoms with Crippen LogP contribution in [0.2, 0.25) is 0 Å². The van der Waals surface area contributed by atoms with Crippen molar-refractivity contribution in [2.75, 3.05) is 0 Å². The number of imide groups is 2. The molecule has 3 fully saturated rings. The lowest BCUT2D eigenvalue weighted by atomic mass is 9.97. The third-order valence-corrected chi connectivity index (χ3v) is 7.73. The van der Waals surface area contributed by atoms with Crippen LogP contribution in [-0.2, 0) is 20.9 Å². The first-order valence-electron chi connectivity index (χ1n) is 12.6. The Morgan fingerprint density at radius 3 is 2.40 bits per heavy atom. The molecule has 0 unspecified atom stereocenters. The Morgan fingerprint density at radius 2 is 1.69 bits per heavy atom. The van der Waals surface area contributed by atoms with Crippen molar-refractivity contribution in [2.45, 2.75) is 83.5 Å². The van der Waals surface area contributed by atoms with Gasteiger partial charge in [-0.05, 0) is 58.1 Å². The molecule has 2 atom stereocenters. The Labute approximate surface area is 204 Å². The predicted octanol–water partition coefficient (Wildman–Crippen LogP) is 3.84. The fourth-order valence-corrected chi connectivity index (χ4v) is 5.98. The number of nitrogens with one attached hydrogen (secondary N) is 1. The normalized spacial score (nSPS) is 25.1. The number of benzene rings is 1. The summed E-state index contributed by atoms with van der Waals surface area (Å²) in [6, 6.07) is 7.25. The quantitative estimate of drug-likeness (QED) is 0.536. The van der Waals surface area contributed by atoms with Gasteiger partial charge in [0.2, 0.25) is 5.91 Å². The second kappa shape index (κ2) is 9.32. The van der Waals surface area contributed by atoms with Gasteiger partial charge in [-0.25, -0.2) is 4.79 Å². The Morgan fingerprint density at radius 1 is 1.00 bits per heavy atom. The lowest BCUT2D eigenvalue weighted by molar-refractivity contribution is -0.138. The van der Waals surface area contributed by atoms with Gasteiger partial charge < -0.3 is 9.47 Å². The van der Waals surface area contributed by atoms with Gasteiger partial charge >= 0.3 is 6.03 Å². The Hall–Kier alpha value is -3.42. The SMILES string of the molecule is C[C@@H]1CCC[C@H](C)N1C(=O)Cn1cc(/C=C2/C(=O)NC(=O)N(C3CCCC3)C2=O)c2ccccc21. The lowest BCUT2D eigenvalue weighted by Gasteiger charge is -2.39. The molecule has 0 spiro atoms.